The van der Waals surface area contributed by atoms with E-state index in [9.17, 15) is 8.42 Å². The zero-order valence-corrected chi connectivity index (χ0v) is 14.9. The third-order valence-corrected chi connectivity index (χ3v) is 6.37. The molecule has 1 aliphatic rings. The van der Waals surface area contributed by atoms with Gasteiger partial charge in [-0.2, -0.15) is 0 Å². The highest BCUT2D eigenvalue weighted by molar-refractivity contribution is 9.10. The largest absolute Gasteiger partial charge is 0.454 e. The van der Waals surface area contributed by atoms with Crippen molar-refractivity contribution in [1.29, 1.82) is 0 Å². The van der Waals surface area contributed by atoms with Gasteiger partial charge in [0.25, 0.3) is 0 Å². The second-order valence-corrected chi connectivity index (χ2v) is 8.41. The molecule has 0 amide bonds. The highest BCUT2D eigenvalue weighted by atomic mass is 79.9. The van der Waals surface area contributed by atoms with Crippen molar-refractivity contribution < 1.29 is 17.9 Å². The molecule has 0 spiro atoms. The lowest BCUT2D eigenvalue weighted by atomic mass is 10.1. The molecule has 1 heterocycles. The summed E-state index contributed by atoms with van der Waals surface area (Å²) in [5.74, 6) is 1.08. The average Bonchev–Trinajstić information content (AvgIpc) is 3.01. The van der Waals surface area contributed by atoms with Crippen LogP contribution < -0.4 is 9.47 Å². The smallest absolute Gasteiger partial charge is 0.231 e. The van der Waals surface area contributed by atoms with Crippen LogP contribution in [-0.2, 0) is 15.6 Å². The number of halogens is 1. The van der Waals surface area contributed by atoms with Crippen LogP contribution in [0.5, 0.6) is 11.5 Å². The SMILES string of the molecule is O=S(=O)(Cc1cc2c(cc1Br)OCO2)c1ccc2ccccc2c1. The summed E-state index contributed by atoms with van der Waals surface area (Å²) in [4.78, 5) is 0.311. The topological polar surface area (TPSA) is 52.6 Å². The lowest BCUT2D eigenvalue weighted by molar-refractivity contribution is 0.174. The van der Waals surface area contributed by atoms with Crippen molar-refractivity contribution in [3.63, 3.8) is 0 Å². The number of hydrogen-bond donors (Lipinski definition) is 0. The Balaban J connectivity index is 1.72. The van der Waals surface area contributed by atoms with E-state index in [4.69, 9.17) is 9.47 Å². The standard InChI is InChI=1S/C18H13BrO4S/c19-16-9-18-17(22-11-23-18)8-14(16)10-24(20,21)15-6-5-12-3-1-2-4-13(12)7-15/h1-9H,10-11H2. The number of benzene rings is 3. The number of ether oxygens (including phenoxy) is 2. The first kappa shape index (κ1) is 15.5. The van der Waals surface area contributed by atoms with Crippen LogP contribution >= 0.6 is 15.9 Å². The molecular weight excluding hydrogens is 392 g/mol. The maximum atomic E-state index is 12.8. The van der Waals surface area contributed by atoms with Crippen LogP contribution in [0.2, 0.25) is 0 Å². The quantitative estimate of drug-likeness (QED) is 0.652. The molecule has 0 radical (unpaired) electrons. The van der Waals surface area contributed by atoms with E-state index >= 15 is 0 Å². The first-order valence-electron chi connectivity index (χ1n) is 7.32. The van der Waals surface area contributed by atoms with Gasteiger partial charge in [0.05, 0.1) is 10.6 Å². The molecule has 0 atom stereocenters. The van der Waals surface area contributed by atoms with Crippen LogP contribution in [-0.4, -0.2) is 15.2 Å². The minimum Gasteiger partial charge on any atom is -0.454 e. The molecule has 0 unspecified atom stereocenters. The maximum absolute atomic E-state index is 12.8. The Morgan fingerprint density at radius 2 is 1.62 bits per heavy atom. The average molecular weight is 405 g/mol. The first-order valence-corrected chi connectivity index (χ1v) is 9.77. The molecule has 0 fully saturated rings. The van der Waals surface area contributed by atoms with Gasteiger partial charge in [-0.15, -0.1) is 0 Å². The van der Waals surface area contributed by atoms with Gasteiger partial charge in [0, 0.05) is 4.47 Å². The normalized spacial score (nSPS) is 13.4. The summed E-state index contributed by atoms with van der Waals surface area (Å²) >= 11 is 3.41. The molecule has 0 saturated carbocycles. The fourth-order valence-corrected chi connectivity index (χ4v) is 4.76. The van der Waals surface area contributed by atoms with E-state index in [2.05, 4.69) is 15.9 Å². The van der Waals surface area contributed by atoms with E-state index in [0.717, 1.165) is 10.8 Å². The lowest BCUT2D eigenvalue weighted by Crippen LogP contribution is -2.05. The van der Waals surface area contributed by atoms with Crippen molar-refractivity contribution in [2.24, 2.45) is 0 Å². The minimum absolute atomic E-state index is 0.109. The van der Waals surface area contributed by atoms with E-state index in [1.165, 1.54) is 0 Å². The van der Waals surface area contributed by atoms with Crippen molar-refractivity contribution in [2.75, 3.05) is 6.79 Å². The highest BCUT2D eigenvalue weighted by Gasteiger charge is 2.21. The van der Waals surface area contributed by atoms with Gasteiger partial charge in [0.15, 0.2) is 21.3 Å². The monoisotopic (exact) mass is 404 g/mol. The summed E-state index contributed by atoms with van der Waals surface area (Å²) in [7, 11) is -3.47. The van der Waals surface area contributed by atoms with Crippen molar-refractivity contribution in [2.45, 2.75) is 10.6 Å². The van der Waals surface area contributed by atoms with E-state index in [1.54, 1.807) is 24.3 Å². The highest BCUT2D eigenvalue weighted by Crippen LogP contribution is 2.38. The summed E-state index contributed by atoms with van der Waals surface area (Å²) in [5.41, 5.74) is 0.646. The van der Waals surface area contributed by atoms with E-state index < -0.39 is 9.84 Å². The number of hydrogen-bond acceptors (Lipinski definition) is 4. The van der Waals surface area contributed by atoms with Gasteiger partial charge in [-0.3, -0.25) is 0 Å². The molecule has 6 heteroatoms. The molecule has 4 nitrogen and oxygen atoms in total. The predicted octanol–water partition coefficient (Wildman–Crippen LogP) is 4.30. The summed E-state index contributed by atoms with van der Waals surface area (Å²) < 4.78 is 36.9. The fourth-order valence-electron chi connectivity index (χ4n) is 2.72. The van der Waals surface area contributed by atoms with Crippen molar-refractivity contribution >= 4 is 36.5 Å². The minimum atomic E-state index is -3.47. The van der Waals surface area contributed by atoms with Crippen LogP contribution in [0.1, 0.15) is 5.56 Å². The third-order valence-electron chi connectivity index (χ3n) is 3.97. The van der Waals surface area contributed by atoms with Gasteiger partial charge in [-0.1, -0.05) is 46.3 Å². The molecule has 0 saturated heterocycles. The van der Waals surface area contributed by atoms with Crippen LogP contribution in [0, 0.1) is 0 Å². The second-order valence-electron chi connectivity index (χ2n) is 5.56. The predicted molar refractivity (Wildman–Crippen MR) is 95.1 cm³/mol. The van der Waals surface area contributed by atoms with E-state index in [0.29, 0.717) is 26.4 Å². The molecule has 1 aliphatic heterocycles. The molecule has 3 aromatic carbocycles. The molecule has 4 rings (SSSR count). The maximum Gasteiger partial charge on any atom is 0.231 e. The van der Waals surface area contributed by atoms with Gasteiger partial charge < -0.3 is 9.47 Å². The van der Waals surface area contributed by atoms with Crippen LogP contribution in [0.4, 0.5) is 0 Å². The van der Waals surface area contributed by atoms with Gasteiger partial charge >= 0.3 is 0 Å². The Labute approximate surface area is 148 Å². The molecule has 0 N–H and O–H groups in total. The molecule has 3 aromatic rings. The lowest BCUT2D eigenvalue weighted by Gasteiger charge is -2.09. The number of sulfone groups is 1. The van der Waals surface area contributed by atoms with Gasteiger partial charge in [0.2, 0.25) is 6.79 Å². The molecule has 24 heavy (non-hydrogen) atoms. The fraction of sp³-hybridized carbons (Fsp3) is 0.111. The van der Waals surface area contributed by atoms with Crippen LogP contribution in [0.15, 0.2) is 64.0 Å². The summed E-state index contributed by atoms with van der Waals surface area (Å²) in [6.45, 7) is 0.155. The summed E-state index contributed by atoms with van der Waals surface area (Å²) in [5, 5.41) is 1.92. The van der Waals surface area contributed by atoms with Crippen molar-refractivity contribution in [3.8, 4) is 11.5 Å². The molecule has 0 bridgehead atoms. The Hall–Kier alpha value is -2.05. The Morgan fingerprint density at radius 1 is 0.917 bits per heavy atom. The molecule has 0 aliphatic carbocycles. The molecule has 122 valence electrons. The Kier molecular flexibility index (Phi) is 3.73. The van der Waals surface area contributed by atoms with E-state index in [1.807, 2.05) is 30.3 Å². The second kappa shape index (κ2) is 5.79. The van der Waals surface area contributed by atoms with Gasteiger partial charge in [-0.25, -0.2) is 8.42 Å². The first-order chi connectivity index (χ1) is 11.5. The van der Waals surface area contributed by atoms with Crippen LogP contribution in [0.3, 0.4) is 0 Å². The van der Waals surface area contributed by atoms with Gasteiger partial charge in [-0.05, 0) is 40.6 Å². The van der Waals surface area contributed by atoms with Crippen molar-refractivity contribution in [1.82, 2.24) is 0 Å². The van der Waals surface area contributed by atoms with Crippen LogP contribution in [0.25, 0.3) is 10.8 Å². The molecule has 0 aromatic heterocycles. The van der Waals surface area contributed by atoms with Gasteiger partial charge in [0.1, 0.15) is 0 Å². The zero-order chi connectivity index (χ0) is 16.7. The summed E-state index contributed by atoms with van der Waals surface area (Å²) in [6, 6.07) is 16.3. The number of fused-ring (bicyclic) bond motifs is 2. The molecular formula is C18H13BrO4S. The number of rotatable bonds is 3. The zero-order valence-electron chi connectivity index (χ0n) is 12.5. The summed E-state index contributed by atoms with van der Waals surface area (Å²) in [6.07, 6.45) is 0. The van der Waals surface area contributed by atoms with Crippen molar-refractivity contribution in [3.05, 3.63) is 64.6 Å². The third kappa shape index (κ3) is 2.76. The Morgan fingerprint density at radius 3 is 2.42 bits per heavy atom. The van der Waals surface area contributed by atoms with E-state index in [-0.39, 0.29) is 12.5 Å². The Bertz CT molecular complexity index is 1040.